The van der Waals surface area contributed by atoms with Crippen LogP contribution in [0.2, 0.25) is 0 Å². The van der Waals surface area contributed by atoms with Crippen molar-refractivity contribution < 1.29 is 14.0 Å². The highest BCUT2D eigenvalue weighted by molar-refractivity contribution is 5.94. The Balaban J connectivity index is 1.43. The molecule has 1 aromatic heterocycles. The van der Waals surface area contributed by atoms with E-state index < -0.39 is 0 Å². The molecule has 2 unspecified atom stereocenters. The first-order valence-electron chi connectivity index (χ1n) is 9.28. The van der Waals surface area contributed by atoms with Gasteiger partial charge in [0.25, 0.3) is 5.91 Å². The maximum atomic E-state index is 12.8. The van der Waals surface area contributed by atoms with Crippen LogP contribution in [0.4, 0.5) is 0 Å². The molecule has 2 aliphatic heterocycles. The number of hydrogen-bond donors (Lipinski definition) is 0. The van der Waals surface area contributed by atoms with Crippen LogP contribution in [-0.2, 0) is 11.2 Å². The average Bonchev–Trinajstić information content (AvgIpc) is 3.26. The first-order valence-corrected chi connectivity index (χ1v) is 9.28. The molecule has 0 N–H and O–H groups in total. The van der Waals surface area contributed by atoms with Gasteiger partial charge in [-0.1, -0.05) is 18.2 Å². The molecule has 0 spiro atoms. The minimum atomic E-state index is 0.0631. The van der Waals surface area contributed by atoms with Gasteiger partial charge in [0.15, 0.2) is 0 Å². The quantitative estimate of drug-likeness (QED) is 0.849. The van der Waals surface area contributed by atoms with Crippen LogP contribution in [0.5, 0.6) is 0 Å². The van der Waals surface area contributed by atoms with Gasteiger partial charge in [0.05, 0.1) is 18.9 Å². The number of rotatable bonds is 4. The molecule has 2 aliphatic rings. The predicted octanol–water partition coefficient (Wildman–Crippen LogP) is 3.12. The molecule has 2 saturated heterocycles. The van der Waals surface area contributed by atoms with Crippen LogP contribution >= 0.6 is 0 Å². The van der Waals surface area contributed by atoms with E-state index in [9.17, 15) is 9.59 Å². The highest BCUT2D eigenvalue weighted by Crippen LogP contribution is 2.38. The second-order valence-electron chi connectivity index (χ2n) is 7.40. The standard InChI is InChI=1S/C21H24N2O3/c1-22(21(25)16-5-3-2-4-6-16)19-12-17-7-8-18(13-19)23(17)20(24)11-15-9-10-26-14-15/h2-6,9-10,14,17-19H,7-8,11-13H2,1H3. The Kier molecular flexibility index (Phi) is 4.53. The number of carbonyl (C=O) groups is 2. The Morgan fingerprint density at radius 3 is 2.42 bits per heavy atom. The van der Waals surface area contributed by atoms with Crippen LogP contribution in [0, 0.1) is 0 Å². The lowest BCUT2D eigenvalue weighted by atomic mass is 9.95. The molecule has 0 aliphatic carbocycles. The fourth-order valence-corrected chi connectivity index (χ4v) is 4.48. The fourth-order valence-electron chi connectivity index (χ4n) is 4.48. The van der Waals surface area contributed by atoms with Crippen LogP contribution in [-0.4, -0.2) is 46.8 Å². The number of piperidine rings is 1. The van der Waals surface area contributed by atoms with Gasteiger partial charge in [0, 0.05) is 30.7 Å². The maximum absolute atomic E-state index is 12.8. The van der Waals surface area contributed by atoms with Crippen LogP contribution in [0.25, 0.3) is 0 Å². The summed E-state index contributed by atoms with van der Waals surface area (Å²) in [5, 5.41) is 0. The van der Waals surface area contributed by atoms with Crippen molar-refractivity contribution in [1.82, 2.24) is 9.80 Å². The molecule has 2 atom stereocenters. The monoisotopic (exact) mass is 352 g/mol. The molecule has 0 saturated carbocycles. The van der Waals surface area contributed by atoms with Gasteiger partial charge in [-0.3, -0.25) is 9.59 Å². The van der Waals surface area contributed by atoms with Gasteiger partial charge < -0.3 is 14.2 Å². The number of carbonyl (C=O) groups excluding carboxylic acids is 2. The Labute approximate surface area is 153 Å². The Hall–Kier alpha value is -2.56. The summed E-state index contributed by atoms with van der Waals surface area (Å²) in [6, 6.07) is 11.9. The van der Waals surface area contributed by atoms with Crippen molar-refractivity contribution >= 4 is 11.8 Å². The zero-order valence-electron chi connectivity index (χ0n) is 15.0. The second-order valence-corrected chi connectivity index (χ2v) is 7.40. The van der Waals surface area contributed by atoms with Gasteiger partial charge >= 0.3 is 0 Å². The van der Waals surface area contributed by atoms with Crippen LogP contribution in [0.1, 0.15) is 41.6 Å². The molecule has 26 heavy (non-hydrogen) atoms. The van der Waals surface area contributed by atoms with Gasteiger partial charge in [0.1, 0.15) is 0 Å². The van der Waals surface area contributed by atoms with Crippen LogP contribution in [0.15, 0.2) is 53.3 Å². The van der Waals surface area contributed by atoms with Crippen LogP contribution < -0.4 is 0 Å². The van der Waals surface area contributed by atoms with Crippen molar-refractivity contribution in [2.24, 2.45) is 0 Å². The summed E-state index contributed by atoms with van der Waals surface area (Å²) >= 11 is 0. The number of furan rings is 1. The molecule has 2 amide bonds. The molecule has 5 heteroatoms. The molecule has 0 radical (unpaired) electrons. The van der Waals surface area contributed by atoms with Crippen molar-refractivity contribution in [1.29, 1.82) is 0 Å². The van der Waals surface area contributed by atoms with Gasteiger partial charge in [-0.2, -0.15) is 0 Å². The van der Waals surface area contributed by atoms with E-state index in [0.717, 1.165) is 36.8 Å². The SMILES string of the molecule is CN(C(=O)c1ccccc1)C1CC2CCC(C1)N2C(=O)Cc1ccoc1. The minimum absolute atomic E-state index is 0.0631. The fraction of sp³-hybridized carbons (Fsp3) is 0.429. The number of benzene rings is 1. The smallest absolute Gasteiger partial charge is 0.253 e. The molecule has 136 valence electrons. The first-order chi connectivity index (χ1) is 12.6. The summed E-state index contributed by atoms with van der Waals surface area (Å²) in [6.07, 6.45) is 7.43. The van der Waals surface area contributed by atoms with Crippen molar-refractivity contribution in [2.75, 3.05) is 7.05 Å². The van der Waals surface area contributed by atoms with Gasteiger partial charge in [0.2, 0.25) is 5.91 Å². The second kappa shape index (κ2) is 6.98. The zero-order valence-corrected chi connectivity index (χ0v) is 15.0. The molecular weight excluding hydrogens is 328 g/mol. The van der Waals surface area contributed by atoms with Crippen molar-refractivity contribution in [3.05, 3.63) is 60.1 Å². The Morgan fingerprint density at radius 2 is 1.81 bits per heavy atom. The van der Waals surface area contributed by atoms with Gasteiger partial charge in [-0.15, -0.1) is 0 Å². The summed E-state index contributed by atoms with van der Waals surface area (Å²) in [5.41, 5.74) is 1.65. The van der Waals surface area contributed by atoms with Gasteiger partial charge in [-0.05, 0) is 49.4 Å². The molecule has 2 bridgehead atoms. The molecule has 4 rings (SSSR count). The van der Waals surface area contributed by atoms with E-state index in [1.54, 1.807) is 12.5 Å². The molecular formula is C21H24N2O3. The average molecular weight is 352 g/mol. The van der Waals surface area contributed by atoms with Crippen molar-refractivity contribution in [3.8, 4) is 0 Å². The van der Waals surface area contributed by atoms with Crippen molar-refractivity contribution in [2.45, 2.75) is 50.2 Å². The predicted molar refractivity (Wildman–Crippen MR) is 97.6 cm³/mol. The molecule has 5 nitrogen and oxygen atoms in total. The van der Waals surface area contributed by atoms with Gasteiger partial charge in [-0.25, -0.2) is 0 Å². The highest BCUT2D eigenvalue weighted by atomic mass is 16.3. The van der Waals surface area contributed by atoms with Crippen LogP contribution in [0.3, 0.4) is 0 Å². The lowest BCUT2D eigenvalue weighted by Gasteiger charge is -2.42. The number of nitrogens with zero attached hydrogens (tertiary/aromatic N) is 2. The minimum Gasteiger partial charge on any atom is -0.472 e. The topological polar surface area (TPSA) is 53.8 Å². The lowest BCUT2D eigenvalue weighted by Crippen LogP contribution is -2.53. The largest absolute Gasteiger partial charge is 0.472 e. The van der Waals surface area contributed by atoms with E-state index >= 15 is 0 Å². The van der Waals surface area contributed by atoms with E-state index in [1.807, 2.05) is 48.3 Å². The summed E-state index contributed by atoms with van der Waals surface area (Å²) in [7, 11) is 1.89. The van der Waals surface area contributed by atoms with E-state index in [1.165, 1.54) is 0 Å². The van der Waals surface area contributed by atoms with Crippen molar-refractivity contribution in [3.63, 3.8) is 0 Å². The molecule has 3 heterocycles. The first kappa shape index (κ1) is 16.9. The lowest BCUT2D eigenvalue weighted by molar-refractivity contribution is -0.135. The number of fused-ring (bicyclic) bond motifs is 2. The Bertz CT molecular complexity index is 758. The summed E-state index contributed by atoms with van der Waals surface area (Å²) < 4.78 is 5.07. The third-order valence-electron chi connectivity index (χ3n) is 5.82. The molecule has 2 aromatic rings. The van der Waals surface area contributed by atoms with E-state index in [-0.39, 0.29) is 29.9 Å². The summed E-state index contributed by atoms with van der Waals surface area (Å²) in [5.74, 6) is 0.238. The Morgan fingerprint density at radius 1 is 1.12 bits per heavy atom. The summed E-state index contributed by atoms with van der Waals surface area (Å²) in [6.45, 7) is 0. The van der Waals surface area contributed by atoms with E-state index in [0.29, 0.717) is 6.42 Å². The third kappa shape index (κ3) is 3.14. The summed E-state index contributed by atoms with van der Waals surface area (Å²) in [4.78, 5) is 29.4. The normalized spacial score (nSPS) is 24.5. The third-order valence-corrected chi connectivity index (χ3v) is 5.82. The highest BCUT2D eigenvalue weighted by Gasteiger charge is 2.44. The number of amides is 2. The molecule has 2 fully saturated rings. The number of hydrogen-bond acceptors (Lipinski definition) is 3. The van der Waals surface area contributed by atoms with E-state index in [4.69, 9.17) is 4.42 Å². The zero-order chi connectivity index (χ0) is 18.1. The molecule has 1 aromatic carbocycles. The van der Waals surface area contributed by atoms with E-state index in [2.05, 4.69) is 4.90 Å². The maximum Gasteiger partial charge on any atom is 0.253 e.